The highest BCUT2D eigenvalue weighted by Gasteiger charge is 2.25. The van der Waals surface area contributed by atoms with E-state index < -0.39 is 27.8 Å². The summed E-state index contributed by atoms with van der Waals surface area (Å²) in [7, 11) is 0. The van der Waals surface area contributed by atoms with Gasteiger partial charge in [0.25, 0.3) is 5.89 Å². The fourth-order valence-corrected chi connectivity index (χ4v) is 1.69. The Morgan fingerprint density at radius 1 is 1.45 bits per heavy atom. The molecule has 20 heavy (non-hydrogen) atoms. The number of aromatic nitrogens is 2. The molecule has 1 heterocycles. The van der Waals surface area contributed by atoms with E-state index in [4.69, 9.17) is 4.42 Å². The van der Waals surface area contributed by atoms with Crippen LogP contribution in [0.2, 0.25) is 0 Å². The zero-order valence-corrected chi connectivity index (χ0v) is 11.7. The van der Waals surface area contributed by atoms with Crippen LogP contribution in [-0.2, 0) is 0 Å². The van der Waals surface area contributed by atoms with E-state index in [1.807, 2.05) is 6.92 Å². The third-order valence-electron chi connectivity index (χ3n) is 2.51. The van der Waals surface area contributed by atoms with Gasteiger partial charge in [0.15, 0.2) is 0 Å². The SMILES string of the molecule is CCC(Br)c1nnc(-c2cc(F)cc([N+](=O)[O-])c2F)o1. The Morgan fingerprint density at radius 2 is 2.15 bits per heavy atom. The van der Waals surface area contributed by atoms with Crippen molar-refractivity contribution >= 4 is 21.6 Å². The van der Waals surface area contributed by atoms with Crippen molar-refractivity contribution in [3.8, 4) is 11.5 Å². The van der Waals surface area contributed by atoms with Gasteiger partial charge < -0.3 is 4.42 Å². The molecule has 0 saturated heterocycles. The Labute approximate surface area is 120 Å². The zero-order valence-electron chi connectivity index (χ0n) is 10.1. The number of nitro groups is 1. The van der Waals surface area contributed by atoms with Gasteiger partial charge in [0.05, 0.1) is 21.4 Å². The van der Waals surface area contributed by atoms with Gasteiger partial charge in [-0.25, -0.2) is 4.39 Å². The van der Waals surface area contributed by atoms with Gasteiger partial charge in [-0.3, -0.25) is 10.1 Å². The molecule has 9 heteroatoms. The number of rotatable bonds is 4. The molecule has 0 N–H and O–H groups in total. The van der Waals surface area contributed by atoms with Crippen molar-refractivity contribution in [1.29, 1.82) is 0 Å². The highest BCUT2D eigenvalue weighted by molar-refractivity contribution is 9.09. The summed E-state index contributed by atoms with van der Waals surface area (Å²) in [4.78, 5) is 9.40. The van der Waals surface area contributed by atoms with Crippen LogP contribution in [0, 0.1) is 21.7 Å². The number of hydrogen-bond acceptors (Lipinski definition) is 5. The van der Waals surface area contributed by atoms with Crippen LogP contribution < -0.4 is 0 Å². The Hall–Kier alpha value is -1.90. The molecule has 0 aliphatic heterocycles. The van der Waals surface area contributed by atoms with Crippen LogP contribution in [0.5, 0.6) is 0 Å². The first kappa shape index (κ1) is 14.5. The molecule has 0 aliphatic carbocycles. The van der Waals surface area contributed by atoms with Crippen LogP contribution in [0.4, 0.5) is 14.5 Å². The average molecular weight is 348 g/mol. The van der Waals surface area contributed by atoms with Gasteiger partial charge in [0.2, 0.25) is 11.7 Å². The van der Waals surface area contributed by atoms with Crippen molar-refractivity contribution in [2.24, 2.45) is 0 Å². The molecule has 0 aliphatic rings. The van der Waals surface area contributed by atoms with Crippen LogP contribution >= 0.6 is 15.9 Å². The van der Waals surface area contributed by atoms with Crippen LogP contribution in [0.25, 0.3) is 11.5 Å². The highest BCUT2D eigenvalue weighted by Crippen LogP contribution is 2.32. The molecule has 1 atom stereocenters. The predicted octanol–water partition coefficient (Wildman–Crippen LogP) is 3.77. The lowest BCUT2D eigenvalue weighted by Crippen LogP contribution is -1.97. The maximum Gasteiger partial charge on any atom is 0.308 e. The summed E-state index contributed by atoms with van der Waals surface area (Å²) in [5.41, 5.74) is -1.42. The maximum absolute atomic E-state index is 13.9. The number of nitrogens with zero attached hydrogens (tertiary/aromatic N) is 3. The van der Waals surface area contributed by atoms with Crippen molar-refractivity contribution in [2.45, 2.75) is 18.2 Å². The third-order valence-corrected chi connectivity index (χ3v) is 3.55. The molecule has 1 aromatic heterocycles. The topological polar surface area (TPSA) is 82.1 Å². The molecule has 0 amide bonds. The second kappa shape index (κ2) is 5.61. The Bertz CT molecular complexity index is 662. The van der Waals surface area contributed by atoms with E-state index in [1.165, 1.54) is 0 Å². The number of nitro benzene ring substituents is 1. The molecule has 0 radical (unpaired) electrons. The molecule has 6 nitrogen and oxygen atoms in total. The molecule has 0 fully saturated rings. The second-order valence-electron chi connectivity index (χ2n) is 3.86. The molecule has 0 spiro atoms. The Kier molecular flexibility index (Phi) is 4.07. The van der Waals surface area contributed by atoms with E-state index in [2.05, 4.69) is 26.1 Å². The van der Waals surface area contributed by atoms with Gasteiger partial charge in [0, 0.05) is 0 Å². The van der Waals surface area contributed by atoms with E-state index in [1.54, 1.807) is 0 Å². The molecule has 0 saturated carbocycles. The van der Waals surface area contributed by atoms with Gasteiger partial charge in [0.1, 0.15) is 5.82 Å². The van der Waals surface area contributed by atoms with Crippen molar-refractivity contribution in [2.75, 3.05) is 0 Å². The number of alkyl halides is 1. The van der Waals surface area contributed by atoms with Gasteiger partial charge in [-0.1, -0.05) is 22.9 Å². The van der Waals surface area contributed by atoms with Crippen LogP contribution in [-0.4, -0.2) is 15.1 Å². The summed E-state index contributed by atoms with van der Waals surface area (Å²) in [5, 5.41) is 17.9. The second-order valence-corrected chi connectivity index (χ2v) is 4.97. The first-order valence-electron chi connectivity index (χ1n) is 5.55. The molecule has 2 rings (SSSR count). The number of benzene rings is 1. The monoisotopic (exact) mass is 347 g/mol. The fraction of sp³-hybridized carbons (Fsp3) is 0.273. The van der Waals surface area contributed by atoms with E-state index in [0.717, 1.165) is 6.07 Å². The maximum atomic E-state index is 13.9. The minimum atomic E-state index is -1.21. The van der Waals surface area contributed by atoms with Gasteiger partial charge in [-0.2, -0.15) is 4.39 Å². The quantitative estimate of drug-likeness (QED) is 0.477. The van der Waals surface area contributed by atoms with Crippen molar-refractivity contribution < 1.29 is 18.1 Å². The normalized spacial score (nSPS) is 12.4. The number of hydrogen-bond donors (Lipinski definition) is 0. The van der Waals surface area contributed by atoms with Crippen molar-refractivity contribution in [3.63, 3.8) is 0 Å². The first-order valence-corrected chi connectivity index (χ1v) is 6.46. The third kappa shape index (κ3) is 2.67. The molecular formula is C11H8BrF2N3O3. The summed E-state index contributed by atoms with van der Waals surface area (Å²) >= 11 is 3.27. The summed E-state index contributed by atoms with van der Waals surface area (Å²) in [6.45, 7) is 1.86. The highest BCUT2D eigenvalue weighted by atomic mass is 79.9. The Morgan fingerprint density at radius 3 is 2.75 bits per heavy atom. The summed E-state index contributed by atoms with van der Waals surface area (Å²) < 4.78 is 32.4. The van der Waals surface area contributed by atoms with E-state index in [-0.39, 0.29) is 16.6 Å². The molecule has 2 aromatic rings. The van der Waals surface area contributed by atoms with E-state index in [9.17, 15) is 18.9 Å². The van der Waals surface area contributed by atoms with E-state index in [0.29, 0.717) is 12.5 Å². The Balaban J connectivity index is 2.52. The average Bonchev–Trinajstić information content (AvgIpc) is 2.89. The molecule has 1 aromatic carbocycles. The molecule has 106 valence electrons. The fourth-order valence-electron chi connectivity index (χ4n) is 1.51. The van der Waals surface area contributed by atoms with Gasteiger partial charge in [-0.05, 0) is 12.5 Å². The minimum absolute atomic E-state index is 0.189. The molecule has 0 bridgehead atoms. The van der Waals surface area contributed by atoms with Crippen LogP contribution in [0.1, 0.15) is 24.1 Å². The van der Waals surface area contributed by atoms with Gasteiger partial charge in [-0.15, -0.1) is 10.2 Å². The number of halogens is 3. The largest absolute Gasteiger partial charge is 0.419 e. The zero-order chi connectivity index (χ0) is 14.9. The predicted molar refractivity (Wildman–Crippen MR) is 68.3 cm³/mol. The summed E-state index contributed by atoms with van der Waals surface area (Å²) in [5.74, 6) is -2.29. The molecule has 1 unspecified atom stereocenters. The smallest absolute Gasteiger partial charge is 0.308 e. The molecular weight excluding hydrogens is 340 g/mol. The van der Waals surface area contributed by atoms with Gasteiger partial charge >= 0.3 is 5.69 Å². The summed E-state index contributed by atoms with van der Waals surface area (Å²) in [6.07, 6.45) is 0.646. The van der Waals surface area contributed by atoms with Crippen LogP contribution in [0.3, 0.4) is 0 Å². The lowest BCUT2D eigenvalue weighted by molar-refractivity contribution is -0.387. The van der Waals surface area contributed by atoms with Crippen LogP contribution in [0.15, 0.2) is 16.5 Å². The lowest BCUT2D eigenvalue weighted by atomic mass is 10.2. The van der Waals surface area contributed by atoms with Crippen molar-refractivity contribution in [3.05, 3.63) is 39.8 Å². The standard InChI is InChI=1S/C11H8BrF2N3O3/c1-2-7(12)11-16-15-10(20-11)6-3-5(13)4-8(9(6)14)17(18)19/h3-4,7H,2H2,1H3. The summed E-state index contributed by atoms with van der Waals surface area (Å²) in [6, 6.07) is 1.27. The lowest BCUT2D eigenvalue weighted by Gasteiger charge is -2.01. The minimum Gasteiger partial charge on any atom is -0.419 e. The van der Waals surface area contributed by atoms with Crippen molar-refractivity contribution in [1.82, 2.24) is 10.2 Å². The van der Waals surface area contributed by atoms with E-state index >= 15 is 0 Å². The first-order chi connectivity index (χ1) is 9.43.